The SMILES string of the molecule is CCCCC(CC)C(=O)Nc1cccc(S(=O)(=O)O)c1.[H-].[Na+]. The van der Waals surface area contributed by atoms with Gasteiger partial charge in [-0.3, -0.25) is 9.35 Å². The predicted octanol–water partition coefficient (Wildman–Crippen LogP) is 0.205. The van der Waals surface area contributed by atoms with Crippen LogP contribution >= 0.6 is 0 Å². The summed E-state index contributed by atoms with van der Waals surface area (Å²) in [5.74, 6) is -0.197. The number of carbonyl (C=O) groups excluding carboxylic acids is 1. The molecular formula is C14H22NNaO4S. The van der Waals surface area contributed by atoms with Crippen LogP contribution in [0.25, 0.3) is 0 Å². The maximum atomic E-state index is 12.1. The minimum atomic E-state index is -4.25. The van der Waals surface area contributed by atoms with Gasteiger partial charge in [0.1, 0.15) is 0 Å². The molecule has 0 aliphatic heterocycles. The van der Waals surface area contributed by atoms with E-state index in [4.69, 9.17) is 4.55 Å². The standard InChI is InChI=1S/C14H21NO4S.Na.H/c1-3-5-7-11(4-2)14(16)15-12-8-6-9-13(10-12)20(17,18)19;;/h6,8-11H,3-5,7H2,1-2H3,(H,15,16)(H,17,18,19);;/q;+1;-1. The fourth-order valence-electron chi connectivity index (χ4n) is 1.95. The van der Waals surface area contributed by atoms with Crippen molar-refractivity contribution in [2.75, 3.05) is 5.32 Å². The number of amides is 1. The van der Waals surface area contributed by atoms with Gasteiger partial charge in [0, 0.05) is 11.6 Å². The summed E-state index contributed by atoms with van der Waals surface area (Å²) in [6, 6.07) is 5.60. The van der Waals surface area contributed by atoms with Crippen LogP contribution in [0.1, 0.15) is 41.0 Å². The average molecular weight is 323 g/mol. The fraction of sp³-hybridized carbons (Fsp3) is 0.500. The van der Waals surface area contributed by atoms with Crippen LogP contribution in [0.3, 0.4) is 0 Å². The van der Waals surface area contributed by atoms with Crippen LogP contribution in [0.5, 0.6) is 0 Å². The van der Waals surface area contributed by atoms with E-state index in [0.29, 0.717) is 5.69 Å². The molecule has 1 amide bonds. The van der Waals surface area contributed by atoms with Crippen molar-refractivity contribution in [2.45, 2.75) is 44.4 Å². The molecule has 21 heavy (non-hydrogen) atoms. The first-order valence-electron chi connectivity index (χ1n) is 6.76. The van der Waals surface area contributed by atoms with Crippen molar-refractivity contribution in [1.29, 1.82) is 0 Å². The zero-order valence-corrected chi connectivity index (χ0v) is 15.6. The van der Waals surface area contributed by atoms with Crippen LogP contribution in [0.2, 0.25) is 0 Å². The Bertz CT molecular complexity index is 566. The Kier molecular flexibility index (Phi) is 9.40. The van der Waals surface area contributed by atoms with Gasteiger partial charge >= 0.3 is 29.6 Å². The molecule has 2 N–H and O–H groups in total. The van der Waals surface area contributed by atoms with Crippen molar-refractivity contribution >= 4 is 21.7 Å². The van der Waals surface area contributed by atoms with Gasteiger partial charge in [0.15, 0.2) is 0 Å². The molecule has 0 saturated heterocycles. The Morgan fingerprint density at radius 1 is 1.38 bits per heavy atom. The van der Waals surface area contributed by atoms with Crippen LogP contribution in [0.15, 0.2) is 29.2 Å². The number of hydrogen-bond acceptors (Lipinski definition) is 3. The van der Waals surface area contributed by atoms with Gasteiger partial charge in [0.25, 0.3) is 10.1 Å². The van der Waals surface area contributed by atoms with Crippen molar-refractivity contribution in [3.63, 3.8) is 0 Å². The van der Waals surface area contributed by atoms with E-state index in [1.54, 1.807) is 6.07 Å². The summed E-state index contributed by atoms with van der Waals surface area (Å²) in [6.45, 7) is 4.02. The van der Waals surface area contributed by atoms with Gasteiger partial charge in [0.05, 0.1) is 4.90 Å². The molecule has 0 radical (unpaired) electrons. The Labute approximate surface area is 150 Å². The Morgan fingerprint density at radius 3 is 2.57 bits per heavy atom. The molecule has 0 saturated carbocycles. The molecule has 0 aliphatic rings. The van der Waals surface area contributed by atoms with Gasteiger partial charge in [-0.1, -0.05) is 32.8 Å². The van der Waals surface area contributed by atoms with Crippen molar-refractivity contribution in [2.24, 2.45) is 5.92 Å². The van der Waals surface area contributed by atoms with E-state index in [0.717, 1.165) is 25.7 Å². The number of anilines is 1. The van der Waals surface area contributed by atoms with Crippen molar-refractivity contribution in [1.82, 2.24) is 0 Å². The molecule has 0 heterocycles. The summed E-state index contributed by atoms with van der Waals surface area (Å²) in [5, 5.41) is 2.70. The number of nitrogens with one attached hydrogen (secondary N) is 1. The third kappa shape index (κ3) is 6.93. The summed E-state index contributed by atoms with van der Waals surface area (Å²) in [7, 11) is -4.25. The zero-order chi connectivity index (χ0) is 15.2. The first-order chi connectivity index (χ1) is 9.38. The topological polar surface area (TPSA) is 83.5 Å². The average Bonchev–Trinajstić information content (AvgIpc) is 2.39. The van der Waals surface area contributed by atoms with Crippen LogP contribution in [-0.4, -0.2) is 18.9 Å². The van der Waals surface area contributed by atoms with E-state index in [2.05, 4.69) is 12.2 Å². The van der Waals surface area contributed by atoms with E-state index < -0.39 is 10.1 Å². The molecule has 0 spiro atoms. The van der Waals surface area contributed by atoms with Gasteiger partial charge in [-0.25, -0.2) is 0 Å². The maximum Gasteiger partial charge on any atom is 1.00 e. The van der Waals surface area contributed by atoms with Gasteiger partial charge in [-0.2, -0.15) is 8.42 Å². The van der Waals surface area contributed by atoms with E-state index >= 15 is 0 Å². The van der Waals surface area contributed by atoms with Gasteiger partial charge in [-0.05, 0) is 31.0 Å². The third-order valence-electron chi connectivity index (χ3n) is 3.17. The zero-order valence-electron chi connectivity index (χ0n) is 13.8. The monoisotopic (exact) mass is 323 g/mol. The second kappa shape index (κ2) is 9.58. The first kappa shape index (κ1) is 20.6. The van der Waals surface area contributed by atoms with Crippen LogP contribution in [-0.2, 0) is 14.9 Å². The molecule has 0 fully saturated rings. The number of unbranched alkanes of at least 4 members (excludes halogenated alkanes) is 1. The Balaban J connectivity index is 0. The minimum Gasteiger partial charge on any atom is -1.00 e. The molecule has 0 aliphatic carbocycles. The molecule has 1 atom stereocenters. The Morgan fingerprint density at radius 2 is 2.05 bits per heavy atom. The molecule has 114 valence electrons. The molecule has 0 aromatic heterocycles. The molecule has 1 aromatic rings. The second-order valence-corrected chi connectivity index (χ2v) is 6.16. The largest absolute Gasteiger partial charge is 1.00 e. The van der Waals surface area contributed by atoms with Crippen LogP contribution < -0.4 is 34.9 Å². The molecule has 1 unspecified atom stereocenters. The summed E-state index contributed by atoms with van der Waals surface area (Å²) in [5.41, 5.74) is 0.375. The van der Waals surface area contributed by atoms with Gasteiger partial charge in [-0.15, -0.1) is 0 Å². The molecule has 0 bridgehead atoms. The minimum absolute atomic E-state index is 0. The molecular weight excluding hydrogens is 301 g/mol. The van der Waals surface area contributed by atoms with Crippen molar-refractivity contribution in [3.05, 3.63) is 24.3 Å². The molecule has 7 heteroatoms. The van der Waals surface area contributed by atoms with Gasteiger partial charge in [0.2, 0.25) is 5.91 Å². The summed E-state index contributed by atoms with van der Waals surface area (Å²) in [6.07, 6.45) is 3.57. The number of hydrogen-bond donors (Lipinski definition) is 2. The van der Waals surface area contributed by atoms with E-state index in [1.165, 1.54) is 18.2 Å². The second-order valence-electron chi connectivity index (χ2n) is 4.74. The number of rotatable bonds is 7. The first-order valence-corrected chi connectivity index (χ1v) is 8.20. The van der Waals surface area contributed by atoms with Crippen LogP contribution in [0, 0.1) is 5.92 Å². The Hall–Kier alpha value is -0.400. The van der Waals surface area contributed by atoms with Crippen LogP contribution in [0.4, 0.5) is 5.69 Å². The number of benzene rings is 1. The molecule has 5 nitrogen and oxygen atoms in total. The van der Waals surface area contributed by atoms with E-state index in [1.807, 2.05) is 6.92 Å². The molecule has 1 aromatic carbocycles. The summed E-state index contributed by atoms with van der Waals surface area (Å²) >= 11 is 0. The molecule has 1 rings (SSSR count). The van der Waals surface area contributed by atoms with Crippen molar-refractivity contribution in [3.8, 4) is 0 Å². The fourth-order valence-corrected chi connectivity index (χ4v) is 2.48. The quantitative estimate of drug-likeness (QED) is 0.555. The summed E-state index contributed by atoms with van der Waals surface area (Å²) in [4.78, 5) is 11.9. The van der Waals surface area contributed by atoms with Gasteiger partial charge < -0.3 is 6.74 Å². The van der Waals surface area contributed by atoms with Crippen molar-refractivity contribution < 1.29 is 48.7 Å². The van der Waals surface area contributed by atoms with E-state index in [-0.39, 0.29) is 47.7 Å². The normalized spacial score (nSPS) is 12.3. The number of carbonyl (C=O) groups is 1. The predicted molar refractivity (Wildman–Crippen MR) is 79.3 cm³/mol. The third-order valence-corrected chi connectivity index (χ3v) is 4.02. The smallest absolute Gasteiger partial charge is 1.00 e. The van der Waals surface area contributed by atoms with E-state index in [9.17, 15) is 13.2 Å². The summed E-state index contributed by atoms with van der Waals surface area (Å²) < 4.78 is 31.1. The maximum absolute atomic E-state index is 12.1.